The minimum Gasteiger partial charge on any atom is -0.345 e. The lowest BCUT2D eigenvalue weighted by Crippen LogP contribution is -2.39. The van der Waals surface area contributed by atoms with Gasteiger partial charge in [0.2, 0.25) is 5.91 Å². The molecule has 0 radical (unpaired) electrons. The molecule has 0 saturated heterocycles. The second-order valence-corrected chi connectivity index (χ2v) is 4.80. The number of rotatable bonds is 4. The lowest BCUT2D eigenvalue weighted by molar-refractivity contribution is -0.137. The Balaban J connectivity index is 4.45. The van der Waals surface area contributed by atoms with E-state index in [0.717, 1.165) is 6.54 Å². The standard InChI is InChI=1S/C12H23NO/c1-7-8-12(4,5)11(14)13(6)9-10(2)3/h7-8,10H,9H2,1-6H3. The van der Waals surface area contributed by atoms with Crippen LogP contribution in [0.25, 0.3) is 0 Å². The van der Waals surface area contributed by atoms with Crippen LogP contribution >= 0.6 is 0 Å². The zero-order chi connectivity index (χ0) is 11.4. The summed E-state index contributed by atoms with van der Waals surface area (Å²) >= 11 is 0. The summed E-state index contributed by atoms with van der Waals surface area (Å²) in [7, 11) is 1.87. The van der Waals surface area contributed by atoms with Crippen molar-refractivity contribution in [1.29, 1.82) is 0 Å². The van der Waals surface area contributed by atoms with E-state index in [1.165, 1.54) is 0 Å². The Morgan fingerprint density at radius 2 is 1.93 bits per heavy atom. The zero-order valence-corrected chi connectivity index (χ0v) is 10.3. The molecule has 0 aromatic carbocycles. The molecular weight excluding hydrogens is 174 g/mol. The number of hydrogen-bond donors (Lipinski definition) is 0. The highest BCUT2D eigenvalue weighted by Crippen LogP contribution is 2.20. The summed E-state index contributed by atoms with van der Waals surface area (Å²) in [6, 6.07) is 0. The zero-order valence-electron chi connectivity index (χ0n) is 10.3. The highest BCUT2D eigenvalue weighted by Gasteiger charge is 2.27. The number of allylic oxidation sites excluding steroid dienone is 1. The van der Waals surface area contributed by atoms with Crippen LogP contribution < -0.4 is 0 Å². The number of carbonyl (C=O) groups is 1. The van der Waals surface area contributed by atoms with Crippen LogP contribution in [0.15, 0.2) is 12.2 Å². The largest absolute Gasteiger partial charge is 0.345 e. The molecule has 0 aliphatic rings. The molecule has 0 aromatic rings. The second-order valence-electron chi connectivity index (χ2n) is 4.80. The van der Waals surface area contributed by atoms with Crippen molar-refractivity contribution in [3.05, 3.63) is 12.2 Å². The smallest absolute Gasteiger partial charge is 0.231 e. The molecule has 82 valence electrons. The summed E-state index contributed by atoms with van der Waals surface area (Å²) < 4.78 is 0. The van der Waals surface area contributed by atoms with Gasteiger partial charge in [0.15, 0.2) is 0 Å². The average molecular weight is 197 g/mol. The van der Waals surface area contributed by atoms with Crippen LogP contribution in [0.2, 0.25) is 0 Å². The van der Waals surface area contributed by atoms with Gasteiger partial charge in [0.25, 0.3) is 0 Å². The van der Waals surface area contributed by atoms with Crippen LogP contribution in [0.5, 0.6) is 0 Å². The third-order valence-electron chi connectivity index (χ3n) is 2.12. The van der Waals surface area contributed by atoms with E-state index in [0.29, 0.717) is 5.92 Å². The van der Waals surface area contributed by atoms with Crippen LogP contribution in [-0.2, 0) is 4.79 Å². The van der Waals surface area contributed by atoms with E-state index >= 15 is 0 Å². The Hall–Kier alpha value is -0.790. The maximum atomic E-state index is 12.0. The maximum Gasteiger partial charge on any atom is 0.231 e. The highest BCUT2D eigenvalue weighted by molar-refractivity contribution is 5.83. The van der Waals surface area contributed by atoms with Crippen molar-refractivity contribution in [2.45, 2.75) is 34.6 Å². The van der Waals surface area contributed by atoms with E-state index in [9.17, 15) is 4.79 Å². The van der Waals surface area contributed by atoms with Crippen LogP contribution in [0.1, 0.15) is 34.6 Å². The van der Waals surface area contributed by atoms with E-state index in [-0.39, 0.29) is 11.3 Å². The molecule has 0 saturated carbocycles. The minimum atomic E-state index is -0.377. The molecule has 1 amide bonds. The molecule has 0 spiro atoms. The van der Waals surface area contributed by atoms with Crippen LogP contribution in [0.4, 0.5) is 0 Å². The molecule has 2 nitrogen and oxygen atoms in total. The topological polar surface area (TPSA) is 20.3 Å². The molecule has 0 heterocycles. The molecule has 14 heavy (non-hydrogen) atoms. The normalized spacial score (nSPS) is 12.5. The lowest BCUT2D eigenvalue weighted by Gasteiger charge is -2.28. The summed E-state index contributed by atoms with van der Waals surface area (Å²) in [6.07, 6.45) is 3.88. The molecule has 2 heteroatoms. The van der Waals surface area contributed by atoms with Crippen LogP contribution in [0.3, 0.4) is 0 Å². The molecule has 0 bridgehead atoms. The predicted octanol–water partition coefficient (Wildman–Crippen LogP) is 2.70. The van der Waals surface area contributed by atoms with E-state index in [1.807, 2.05) is 44.9 Å². The molecule has 0 N–H and O–H groups in total. The Morgan fingerprint density at radius 1 is 1.43 bits per heavy atom. The Kier molecular flexibility index (Phi) is 4.89. The first-order valence-corrected chi connectivity index (χ1v) is 5.20. The van der Waals surface area contributed by atoms with Crippen molar-refractivity contribution in [3.63, 3.8) is 0 Å². The lowest BCUT2D eigenvalue weighted by atomic mass is 9.91. The van der Waals surface area contributed by atoms with Gasteiger partial charge in [0, 0.05) is 13.6 Å². The first-order valence-electron chi connectivity index (χ1n) is 5.20. The minimum absolute atomic E-state index is 0.185. The number of hydrogen-bond acceptors (Lipinski definition) is 1. The molecule has 0 aliphatic carbocycles. The number of amides is 1. The number of nitrogens with zero attached hydrogens (tertiary/aromatic N) is 1. The first-order chi connectivity index (χ1) is 6.31. The van der Waals surface area contributed by atoms with Gasteiger partial charge in [0.1, 0.15) is 0 Å². The SMILES string of the molecule is CC=CC(C)(C)C(=O)N(C)CC(C)C. The van der Waals surface area contributed by atoms with Gasteiger partial charge in [-0.2, -0.15) is 0 Å². The summed E-state index contributed by atoms with van der Waals surface area (Å²) in [5, 5.41) is 0. The molecule has 0 rings (SSSR count). The third-order valence-corrected chi connectivity index (χ3v) is 2.12. The summed E-state index contributed by atoms with van der Waals surface area (Å²) in [4.78, 5) is 13.8. The third kappa shape index (κ3) is 3.95. The van der Waals surface area contributed by atoms with Gasteiger partial charge in [-0.25, -0.2) is 0 Å². The fourth-order valence-electron chi connectivity index (χ4n) is 1.61. The maximum absolute atomic E-state index is 12.0. The number of carbonyl (C=O) groups excluding carboxylic acids is 1. The average Bonchev–Trinajstić information content (AvgIpc) is 2.01. The van der Waals surface area contributed by atoms with Crippen molar-refractivity contribution < 1.29 is 4.79 Å². The first kappa shape index (κ1) is 13.2. The van der Waals surface area contributed by atoms with Gasteiger partial charge < -0.3 is 4.90 Å². The molecule has 0 atom stereocenters. The van der Waals surface area contributed by atoms with Gasteiger partial charge in [-0.15, -0.1) is 0 Å². The van der Waals surface area contributed by atoms with E-state index in [2.05, 4.69) is 13.8 Å². The van der Waals surface area contributed by atoms with Gasteiger partial charge in [-0.05, 0) is 26.7 Å². The van der Waals surface area contributed by atoms with Crippen LogP contribution in [0, 0.1) is 11.3 Å². The second kappa shape index (κ2) is 5.18. The molecule has 0 aromatic heterocycles. The monoisotopic (exact) mass is 197 g/mol. The molecule has 0 fully saturated rings. The van der Waals surface area contributed by atoms with Crippen molar-refractivity contribution in [3.8, 4) is 0 Å². The van der Waals surface area contributed by atoms with Gasteiger partial charge >= 0.3 is 0 Å². The highest BCUT2D eigenvalue weighted by atomic mass is 16.2. The summed E-state index contributed by atoms with van der Waals surface area (Å²) in [5.74, 6) is 0.703. The van der Waals surface area contributed by atoms with E-state index in [4.69, 9.17) is 0 Å². The molecule has 0 aliphatic heterocycles. The van der Waals surface area contributed by atoms with Crippen molar-refractivity contribution in [1.82, 2.24) is 4.90 Å². The Bertz CT molecular complexity index is 216. The fourth-order valence-corrected chi connectivity index (χ4v) is 1.61. The van der Waals surface area contributed by atoms with Crippen molar-refractivity contribution in [2.75, 3.05) is 13.6 Å². The summed E-state index contributed by atoms with van der Waals surface area (Å²) in [6.45, 7) is 10.9. The van der Waals surface area contributed by atoms with Crippen molar-refractivity contribution >= 4 is 5.91 Å². The van der Waals surface area contributed by atoms with Crippen LogP contribution in [-0.4, -0.2) is 24.4 Å². The predicted molar refractivity (Wildman–Crippen MR) is 61.1 cm³/mol. The Morgan fingerprint density at radius 3 is 2.29 bits per heavy atom. The molecule has 0 unspecified atom stereocenters. The van der Waals surface area contributed by atoms with E-state index < -0.39 is 0 Å². The van der Waals surface area contributed by atoms with Gasteiger partial charge in [0.05, 0.1) is 5.41 Å². The Labute approximate surface area is 88.0 Å². The van der Waals surface area contributed by atoms with E-state index in [1.54, 1.807) is 0 Å². The van der Waals surface area contributed by atoms with Crippen molar-refractivity contribution in [2.24, 2.45) is 11.3 Å². The molecular formula is C12H23NO. The van der Waals surface area contributed by atoms with Gasteiger partial charge in [-0.3, -0.25) is 4.79 Å². The summed E-state index contributed by atoms with van der Waals surface area (Å²) in [5.41, 5.74) is -0.377. The fraction of sp³-hybridized carbons (Fsp3) is 0.750. The van der Waals surface area contributed by atoms with Gasteiger partial charge in [-0.1, -0.05) is 26.0 Å². The quantitative estimate of drug-likeness (QED) is 0.635.